The summed E-state index contributed by atoms with van der Waals surface area (Å²) in [7, 11) is 0. The van der Waals surface area contributed by atoms with E-state index in [1.807, 2.05) is 30.6 Å². The van der Waals surface area contributed by atoms with Crippen LogP contribution in [0.4, 0.5) is 5.69 Å². The highest BCUT2D eigenvalue weighted by Crippen LogP contribution is 2.22. The molecule has 0 bridgehead atoms. The van der Waals surface area contributed by atoms with Gasteiger partial charge in [0.1, 0.15) is 6.54 Å². The highest BCUT2D eigenvalue weighted by Gasteiger charge is 2.05. The SMILES string of the molecule is O=C(CCCC[n+]1ccccc1)Nc1cc(Cl)cc(Cl)c1.[Br-]. The molecule has 0 radical (unpaired) electrons. The van der Waals surface area contributed by atoms with Crippen molar-refractivity contribution in [3.05, 3.63) is 58.8 Å². The average Bonchev–Trinajstić information content (AvgIpc) is 2.43. The summed E-state index contributed by atoms with van der Waals surface area (Å²) < 4.78 is 2.11. The lowest BCUT2D eigenvalue weighted by atomic mass is 10.2. The largest absolute Gasteiger partial charge is 1.00 e. The van der Waals surface area contributed by atoms with Gasteiger partial charge in [0.2, 0.25) is 5.91 Å². The monoisotopic (exact) mass is 402 g/mol. The molecule has 0 saturated heterocycles. The third kappa shape index (κ3) is 6.77. The van der Waals surface area contributed by atoms with E-state index < -0.39 is 0 Å². The van der Waals surface area contributed by atoms with Gasteiger partial charge in [-0.3, -0.25) is 4.79 Å². The number of rotatable bonds is 6. The van der Waals surface area contributed by atoms with Crippen LogP contribution in [-0.2, 0) is 11.3 Å². The number of halogens is 3. The van der Waals surface area contributed by atoms with E-state index in [2.05, 4.69) is 9.88 Å². The number of hydrogen-bond donors (Lipinski definition) is 1. The summed E-state index contributed by atoms with van der Waals surface area (Å²) in [4.78, 5) is 11.8. The number of carbonyl (C=O) groups is 1. The third-order valence-corrected chi connectivity index (χ3v) is 3.43. The Morgan fingerprint density at radius 3 is 2.27 bits per heavy atom. The number of anilines is 1. The smallest absolute Gasteiger partial charge is 0.224 e. The Bertz CT molecular complexity index is 588. The van der Waals surface area contributed by atoms with Crippen molar-refractivity contribution < 1.29 is 26.3 Å². The number of nitrogens with zero attached hydrogens (tertiary/aromatic N) is 1. The molecule has 0 aliphatic carbocycles. The van der Waals surface area contributed by atoms with Gasteiger partial charge in [-0.2, -0.15) is 0 Å². The highest BCUT2D eigenvalue weighted by molar-refractivity contribution is 6.35. The second-order valence-electron chi connectivity index (χ2n) is 4.78. The first kappa shape index (κ1) is 18.9. The van der Waals surface area contributed by atoms with Crippen LogP contribution in [0.1, 0.15) is 19.3 Å². The number of unbranched alkanes of at least 4 members (excludes halogenated alkanes) is 1. The molecular formula is C16H17BrCl2N2O. The average molecular weight is 404 g/mol. The maximum absolute atomic E-state index is 11.8. The molecule has 0 aliphatic heterocycles. The first-order valence-corrected chi connectivity index (χ1v) is 7.59. The number of amides is 1. The number of hydrogen-bond acceptors (Lipinski definition) is 1. The molecule has 1 aromatic carbocycles. The quantitative estimate of drug-likeness (QED) is 0.568. The molecule has 0 aliphatic rings. The number of pyridine rings is 1. The van der Waals surface area contributed by atoms with Crippen LogP contribution in [0.25, 0.3) is 0 Å². The van der Waals surface area contributed by atoms with Gasteiger partial charge in [0.15, 0.2) is 12.4 Å². The fourth-order valence-corrected chi connectivity index (χ4v) is 2.54. The number of aromatic nitrogens is 1. The zero-order valence-corrected chi connectivity index (χ0v) is 15.0. The Balaban J connectivity index is 0.00000242. The van der Waals surface area contributed by atoms with E-state index in [9.17, 15) is 4.79 Å². The van der Waals surface area contributed by atoms with Crippen molar-refractivity contribution in [2.24, 2.45) is 0 Å². The third-order valence-electron chi connectivity index (χ3n) is 2.99. The van der Waals surface area contributed by atoms with Gasteiger partial charge in [0.25, 0.3) is 0 Å². The van der Waals surface area contributed by atoms with Gasteiger partial charge in [-0.1, -0.05) is 29.3 Å². The second kappa shape index (κ2) is 9.82. The normalized spacial score (nSPS) is 9.91. The Morgan fingerprint density at radius 1 is 1.00 bits per heavy atom. The summed E-state index contributed by atoms with van der Waals surface area (Å²) in [6.07, 6.45) is 6.32. The van der Waals surface area contributed by atoms with E-state index >= 15 is 0 Å². The molecule has 1 amide bonds. The van der Waals surface area contributed by atoms with E-state index in [-0.39, 0.29) is 22.9 Å². The van der Waals surface area contributed by atoms with Gasteiger partial charge in [-0.05, 0) is 24.6 Å². The zero-order chi connectivity index (χ0) is 15.1. The van der Waals surface area contributed by atoms with Crippen molar-refractivity contribution in [3.8, 4) is 0 Å². The molecule has 1 heterocycles. The first-order valence-electron chi connectivity index (χ1n) is 6.83. The Labute approximate surface area is 151 Å². The van der Waals surface area contributed by atoms with Crippen LogP contribution in [-0.4, -0.2) is 5.91 Å². The summed E-state index contributed by atoms with van der Waals surface area (Å²) in [5.74, 6) is -0.0219. The molecule has 6 heteroatoms. The Morgan fingerprint density at radius 2 is 1.64 bits per heavy atom. The van der Waals surface area contributed by atoms with Crippen LogP contribution < -0.4 is 26.9 Å². The lowest BCUT2D eigenvalue weighted by molar-refractivity contribution is -0.697. The second-order valence-corrected chi connectivity index (χ2v) is 5.65. The van der Waals surface area contributed by atoms with Crippen molar-refractivity contribution in [1.82, 2.24) is 0 Å². The summed E-state index contributed by atoms with van der Waals surface area (Å²) in [6, 6.07) is 11.0. The molecule has 2 aromatic rings. The van der Waals surface area contributed by atoms with E-state index in [0.29, 0.717) is 22.2 Å². The topological polar surface area (TPSA) is 33.0 Å². The number of carbonyl (C=O) groups excluding carboxylic acids is 1. The molecule has 2 rings (SSSR count). The highest BCUT2D eigenvalue weighted by atomic mass is 79.9. The van der Waals surface area contributed by atoms with Crippen LogP contribution in [0.5, 0.6) is 0 Å². The number of nitrogens with one attached hydrogen (secondary N) is 1. The number of aryl methyl sites for hydroxylation is 1. The van der Waals surface area contributed by atoms with Gasteiger partial charge in [-0.25, -0.2) is 4.57 Å². The summed E-state index contributed by atoms with van der Waals surface area (Å²) in [6.45, 7) is 0.914. The molecular weight excluding hydrogens is 387 g/mol. The van der Waals surface area contributed by atoms with Crippen molar-refractivity contribution >= 4 is 34.8 Å². The summed E-state index contributed by atoms with van der Waals surface area (Å²) >= 11 is 11.8. The first-order chi connectivity index (χ1) is 10.1. The van der Waals surface area contributed by atoms with Crippen molar-refractivity contribution in [1.29, 1.82) is 0 Å². The van der Waals surface area contributed by atoms with Crippen LogP contribution in [0.15, 0.2) is 48.8 Å². The molecule has 1 N–H and O–H groups in total. The van der Waals surface area contributed by atoms with Crippen LogP contribution >= 0.6 is 23.2 Å². The lowest BCUT2D eigenvalue weighted by Crippen LogP contribution is -3.00. The fourth-order valence-electron chi connectivity index (χ4n) is 2.01. The maximum Gasteiger partial charge on any atom is 0.224 e. The molecule has 1 aromatic heterocycles. The van der Waals surface area contributed by atoms with Crippen molar-refractivity contribution in [2.45, 2.75) is 25.8 Å². The van der Waals surface area contributed by atoms with E-state index in [0.717, 1.165) is 19.4 Å². The molecule has 0 saturated carbocycles. The minimum atomic E-state index is -0.0219. The van der Waals surface area contributed by atoms with Crippen LogP contribution in [0, 0.1) is 0 Å². The van der Waals surface area contributed by atoms with Gasteiger partial charge < -0.3 is 22.3 Å². The lowest BCUT2D eigenvalue weighted by Gasteiger charge is -2.06. The minimum absolute atomic E-state index is 0. The van der Waals surface area contributed by atoms with Crippen LogP contribution in [0.3, 0.4) is 0 Å². The molecule has 0 spiro atoms. The summed E-state index contributed by atoms with van der Waals surface area (Å²) in [5.41, 5.74) is 0.634. The predicted molar refractivity (Wildman–Crippen MR) is 85.6 cm³/mol. The van der Waals surface area contributed by atoms with Crippen molar-refractivity contribution in [3.63, 3.8) is 0 Å². The standard InChI is InChI=1S/C16H16Cl2N2O.BrH/c17-13-10-14(18)12-15(11-13)19-16(21)6-2-5-9-20-7-3-1-4-8-20;/h1,3-4,7-8,10-12H,2,5-6,9H2;1H. The fraction of sp³-hybridized carbons (Fsp3) is 0.250. The molecule has 118 valence electrons. The van der Waals surface area contributed by atoms with E-state index in [4.69, 9.17) is 23.2 Å². The van der Waals surface area contributed by atoms with Gasteiger partial charge in [-0.15, -0.1) is 0 Å². The minimum Gasteiger partial charge on any atom is -1.00 e. The molecule has 0 fully saturated rings. The van der Waals surface area contributed by atoms with Crippen LogP contribution in [0.2, 0.25) is 10.0 Å². The Kier molecular flexibility index (Phi) is 8.46. The zero-order valence-electron chi connectivity index (χ0n) is 11.9. The molecule has 3 nitrogen and oxygen atoms in total. The predicted octanol–water partition coefficient (Wildman–Crippen LogP) is 1.09. The van der Waals surface area contributed by atoms with Gasteiger partial charge in [0, 0.05) is 40.7 Å². The van der Waals surface area contributed by atoms with Crippen molar-refractivity contribution in [2.75, 3.05) is 5.32 Å². The van der Waals surface area contributed by atoms with Gasteiger partial charge >= 0.3 is 0 Å². The van der Waals surface area contributed by atoms with E-state index in [1.165, 1.54) is 0 Å². The number of benzene rings is 1. The van der Waals surface area contributed by atoms with Gasteiger partial charge in [0.05, 0.1) is 0 Å². The Hall–Kier alpha value is -1.10. The summed E-state index contributed by atoms with van der Waals surface area (Å²) in [5, 5.41) is 3.83. The maximum atomic E-state index is 11.8. The molecule has 0 atom stereocenters. The molecule has 0 unspecified atom stereocenters. The van der Waals surface area contributed by atoms with E-state index in [1.54, 1.807) is 18.2 Å². The molecule has 22 heavy (non-hydrogen) atoms.